The molecule has 1 aliphatic rings. The molecule has 23 heavy (non-hydrogen) atoms. The zero-order chi connectivity index (χ0) is 16.4. The van der Waals surface area contributed by atoms with Crippen LogP contribution in [0.5, 0.6) is 0 Å². The van der Waals surface area contributed by atoms with Crippen molar-refractivity contribution in [2.45, 2.75) is 44.8 Å². The number of rotatable bonds is 4. The molecule has 1 amide bonds. The van der Waals surface area contributed by atoms with Gasteiger partial charge in [-0.05, 0) is 38.0 Å². The van der Waals surface area contributed by atoms with Crippen LogP contribution in [0, 0.1) is 0 Å². The summed E-state index contributed by atoms with van der Waals surface area (Å²) in [7, 11) is 1.53. The van der Waals surface area contributed by atoms with Crippen molar-refractivity contribution >= 4 is 11.6 Å². The van der Waals surface area contributed by atoms with Crippen LogP contribution in [-0.4, -0.2) is 33.4 Å². The molecule has 2 aromatic rings. The molecule has 0 spiro atoms. The smallest absolute Gasteiger partial charge is 0.256 e. The van der Waals surface area contributed by atoms with Gasteiger partial charge >= 0.3 is 0 Å². The Labute approximate surface area is 135 Å². The van der Waals surface area contributed by atoms with Gasteiger partial charge in [-0.3, -0.25) is 4.79 Å². The summed E-state index contributed by atoms with van der Waals surface area (Å²) in [5.74, 6) is 1.37. The van der Waals surface area contributed by atoms with Gasteiger partial charge in [0.2, 0.25) is 0 Å². The molecule has 6 heteroatoms. The first kappa shape index (κ1) is 15.7. The van der Waals surface area contributed by atoms with Gasteiger partial charge in [-0.1, -0.05) is 12.1 Å². The Morgan fingerprint density at radius 1 is 1.35 bits per heavy atom. The maximum atomic E-state index is 12.1. The first-order valence-corrected chi connectivity index (χ1v) is 7.83. The van der Waals surface area contributed by atoms with Crippen LogP contribution in [0.15, 0.2) is 30.6 Å². The lowest BCUT2D eigenvalue weighted by Crippen LogP contribution is -2.38. The quantitative estimate of drug-likeness (QED) is 0.940. The molecule has 1 aliphatic heterocycles. The van der Waals surface area contributed by atoms with Crippen LogP contribution in [0.1, 0.15) is 37.6 Å². The van der Waals surface area contributed by atoms with Gasteiger partial charge in [0.1, 0.15) is 17.8 Å². The van der Waals surface area contributed by atoms with Gasteiger partial charge < -0.3 is 14.6 Å². The van der Waals surface area contributed by atoms with E-state index in [0.717, 1.165) is 30.9 Å². The number of ether oxygens (including phenoxy) is 1. The maximum absolute atomic E-state index is 12.1. The fraction of sp³-hybridized carbons (Fsp3) is 0.471. The monoisotopic (exact) mass is 314 g/mol. The molecular formula is C17H22N4O2. The molecule has 0 unspecified atom stereocenters. The first-order valence-electron chi connectivity index (χ1n) is 7.83. The fourth-order valence-corrected chi connectivity index (χ4v) is 2.74. The Hall–Kier alpha value is -2.21. The zero-order valence-corrected chi connectivity index (χ0v) is 13.7. The number of anilines is 1. The summed E-state index contributed by atoms with van der Waals surface area (Å²) < 4.78 is 7.31. The highest BCUT2D eigenvalue weighted by Gasteiger charge is 2.27. The fourth-order valence-electron chi connectivity index (χ4n) is 2.74. The highest BCUT2D eigenvalue weighted by Crippen LogP contribution is 2.28. The number of amides is 1. The number of hydrogen-bond donors (Lipinski definition) is 1. The molecule has 0 radical (unpaired) electrons. The van der Waals surface area contributed by atoms with E-state index in [1.807, 2.05) is 12.1 Å². The number of carbonyl (C=O) groups is 1. The number of nitrogens with zero attached hydrogens (tertiary/aromatic N) is 3. The molecule has 122 valence electrons. The standard InChI is InChI=1S/C17H22N4O2/c1-17(2,23-3)16(22)19-14-7-4-12(5-8-14)13-6-9-15-20-18-11-21(15)10-13/h4-5,7-8,11,13H,6,9-10H2,1-3H3,(H,19,22)/t13-/m1/s1. The molecule has 0 fully saturated rings. The second-order valence-corrected chi connectivity index (χ2v) is 6.43. The summed E-state index contributed by atoms with van der Waals surface area (Å²) in [6.07, 6.45) is 3.81. The number of methoxy groups -OCH3 is 1. The third kappa shape index (κ3) is 3.27. The van der Waals surface area contributed by atoms with Crippen molar-refractivity contribution in [1.82, 2.24) is 14.8 Å². The van der Waals surface area contributed by atoms with Gasteiger partial charge in [0.15, 0.2) is 0 Å². The number of fused-ring (bicyclic) bond motifs is 1. The molecule has 1 atom stereocenters. The van der Waals surface area contributed by atoms with E-state index >= 15 is 0 Å². The minimum atomic E-state index is -0.840. The first-order chi connectivity index (χ1) is 11.0. The largest absolute Gasteiger partial charge is 0.369 e. The highest BCUT2D eigenvalue weighted by atomic mass is 16.5. The van der Waals surface area contributed by atoms with E-state index in [1.54, 1.807) is 20.2 Å². The molecule has 0 bridgehead atoms. The number of nitrogens with one attached hydrogen (secondary N) is 1. The number of aromatic nitrogens is 3. The second-order valence-electron chi connectivity index (χ2n) is 6.43. The van der Waals surface area contributed by atoms with Crippen molar-refractivity contribution < 1.29 is 9.53 Å². The van der Waals surface area contributed by atoms with Crippen molar-refractivity contribution in [2.24, 2.45) is 0 Å². The van der Waals surface area contributed by atoms with Gasteiger partial charge in [-0.25, -0.2) is 0 Å². The van der Waals surface area contributed by atoms with Crippen molar-refractivity contribution in [3.05, 3.63) is 42.0 Å². The number of aryl methyl sites for hydroxylation is 1. The van der Waals surface area contributed by atoms with Crippen LogP contribution in [0.25, 0.3) is 0 Å². The van der Waals surface area contributed by atoms with E-state index in [9.17, 15) is 4.79 Å². The van der Waals surface area contributed by atoms with Crippen LogP contribution >= 0.6 is 0 Å². The molecular weight excluding hydrogens is 292 g/mol. The Morgan fingerprint density at radius 3 is 2.78 bits per heavy atom. The van der Waals surface area contributed by atoms with Crippen molar-refractivity contribution in [3.63, 3.8) is 0 Å². The van der Waals surface area contributed by atoms with Gasteiger partial charge in [-0.15, -0.1) is 10.2 Å². The number of hydrogen-bond acceptors (Lipinski definition) is 4. The third-order valence-electron chi connectivity index (χ3n) is 4.53. The minimum Gasteiger partial charge on any atom is -0.369 e. The maximum Gasteiger partial charge on any atom is 0.256 e. The Balaban J connectivity index is 1.67. The molecule has 3 rings (SSSR count). The molecule has 0 aliphatic carbocycles. The van der Waals surface area contributed by atoms with Crippen LogP contribution < -0.4 is 5.32 Å². The van der Waals surface area contributed by atoms with Gasteiger partial charge in [0.05, 0.1) is 0 Å². The van der Waals surface area contributed by atoms with Crippen molar-refractivity contribution in [1.29, 1.82) is 0 Å². The van der Waals surface area contributed by atoms with Crippen LogP contribution in [0.3, 0.4) is 0 Å². The third-order valence-corrected chi connectivity index (χ3v) is 4.53. The normalized spacial score (nSPS) is 17.6. The van der Waals surface area contributed by atoms with E-state index in [-0.39, 0.29) is 5.91 Å². The van der Waals surface area contributed by atoms with E-state index in [4.69, 9.17) is 4.74 Å². The summed E-state index contributed by atoms with van der Waals surface area (Å²) in [5.41, 5.74) is 1.21. The molecule has 0 saturated heterocycles. The minimum absolute atomic E-state index is 0.153. The Bertz CT molecular complexity index is 691. The second kappa shape index (κ2) is 6.12. The van der Waals surface area contributed by atoms with Crippen molar-refractivity contribution in [3.8, 4) is 0 Å². The molecule has 2 heterocycles. The van der Waals surface area contributed by atoms with E-state index in [2.05, 4.69) is 32.2 Å². The lowest BCUT2D eigenvalue weighted by Gasteiger charge is -2.24. The lowest BCUT2D eigenvalue weighted by molar-refractivity contribution is -0.133. The summed E-state index contributed by atoms with van der Waals surface area (Å²) in [6, 6.07) is 8.05. The van der Waals surface area contributed by atoms with Gasteiger partial charge in [-0.2, -0.15) is 0 Å². The van der Waals surface area contributed by atoms with Gasteiger partial charge in [0, 0.05) is 31.7 Å². The van der Waals surface area contributed by atoms with Crippen LogP contribution in [0.2, 0.25) is 0 Å². The highest BCUT2D eigenvalue weighted by molar-refractivity contribution is 5.96. The number of carbonyl (C=O) groups excluding carboxylic acids is 1. The number of benzene rings is 1. The summed E-state index contributed by atoms with van der Waals surface area (Å²) in [4.78, 5) is 12.1. The topological polar surface area (TPSA) is 69.0 Å². The predicted molar refractivity (Wildman–Crippen MR) is 87.2 cm³/mol. The summed E-state index contributed by atoms with van der Waals surface area (Å²) in [6.45, 7) is 4.40. The van der Waals surface area contributed by atoms with E-state index in [0.29, 0.717) is 5.92 Å². The molecule has 6 nitrogen and oxygen atoms in total. The van der Waals surface area contributed by atoms with Crippen molar-refractivity contribution in [2.75, 3.05) is 12.4 Å². The zero-order valence-electron chi connectivity index (χ0n) is 13.7. The van der Waals surface area contributed by atoms with E-state index in [1.165, 1.54) is 12.7 Å². The molecule has 1 aromatic heterocycles. The van der Waals surface area contributed by atoms with Crippen LogP contribution in [-0.2, 0) is 22.5 Å². The Morgan fingerprint density at radius 2 is 2.09 bits per heavy atom. The SMILES string of the molecule is COC(C)(C)C(=O)Nc1ccc([C@@H]2CCc3nncn3C2)cc1. The summed E-state index contributed by atoms with van der Waals surface area (Å²) >= 11 is 0. The molecule has 1 N–H and O–H groups in total. The van der Waals surface area contributed by atoms with Gasteiger partial charge in [0.25, 0.3) is 5.91 Å². The Kier molecular flexibility index (Phi) is 4.17. The predicted octanol–water partition coefficient (Wildman–Crippen LogP) is 2.37. The van der Waals surface area contributed by atoms with Crippen LogP contribution in [0.4, 0.5) is 5.69 Å². The molecule has 0 saturated carbocycles. The summed E-state index contributed by atoms with van der Waals surface area (Å²) in [5, 5.41) is 11.0. The lowest BCUT2D eigenvalue weighted by atomic mass is 9.91. The van der Waals surface area contributed by atoms with E-state index < -0.39 is 5.60 Å². The molecule has 1 aromatic carbocycles. The average Bonchev–Trinajstić information content (AvgIpc) is 3.03. The average molecular weight is 314 g/mol.